The molecule has 1 fully saturated rings. The van der Waals surface area contributed by atoms with Crippen LogP contribution in [0, 0.1) is 0 Å². The second-order valence-electron chi connectivity index (χ2n) is 7.79. The van der Waals surface area contributed by atoms with E-state index in [0.717, 1.165) is 13.2 Å². The van der Waals surface area contributed by atoms with Gasteiger partial charge >= 0.3 is 0 Å². The predicted molar refractivity (Wildman–Crippen MR) is 103 cm³/mol. The molecule has 0 aromatic heterocycles. The average Bonchev–Trinajstić information content (AvgIpc) is 3.12. The van der Waals surface area contributed by atoms with Crippen LogP contribution in [-0.2, 0) is 10.2 Å². The van der Waals surface area contributed by atoms with Crippen molar-refractivity contribution in [1.82, 2.24) is 0 Å². The van der Waals surface area contributed by atoms with Gasteiger partial charge in [-0.3, -0.25) is 0 Å². The fraction of sp³-hybridized carbons (Fsp3) is 0.364. The summed E-state index contributed by atoms with van der Waals surface area (Å²) < 4.78 is 6.38. The van der Waals surface area contributed by atoms with E-state index in [1.807, 2.05) is 0 Å². The average molecular weight is 335 g/mol. The molecular weight excluding hydrogens is 308 g/mol. The lowest BCUT2D eigenvalue weighted by molar-refractivity contribution is -0.786. The SMILES string of the molecule is C[NH+](C)c1ccc(/C=C/C23OCCN2c2ccccc2C3(C)C)cc1. The summed E-state index contributed by atoms with van der Waals surface area (Å²) in [7, 11) is 4.29. The fourth-order valence-electron chi connectivity index (χ4n) is 4.27. The lowest BCUT2D eigenvalue weighted by Gasteiger charge is -2.39. The van der Waals surface area contributed by atoms with Gasteiger partial charge in [0.05, 0.1) is 20.7 Å². The molecule has 0 saturated carbocycles. The monoisotopic (exact) mass is 335 g/mol. The lowest BCUT2D eigenvalue weighted by atomic mass is 9.77. The Hall–Kier alpha value is -2.10. The first kappa shape index (κ1) is 16.4. The van der Waals surface area contributed by atoms with Crippen LogP contribution in [0.5, 0.6) is 0 Å². The molecule has 0 spiro atoms. The minimum Gasteiger partial charge on any atom is -0.349 e. The van der Waals surface area contributed by atoms with Gasteiger partial charge in [0.2, 0.25) is 0 Å². The Kier molecular flexibility index (Phi) is 3.75. The quantitative estimate of drug-likeness (QED) is 0.929. The largest absolute Gasteiger partial charge is 0.349 e. The Morgan fingerprint density at radius 1 is 1.04 bits per heavy atom. The van der Waals surface area contributed by atoms with Crippen molar-refractivity contribution in [3.63, 3.8) is 0 Å². The minimum atomic E-state index is -0.401. The zero-order chi connectivity index (χ0) is 17.7. The molecule has 1 atom stereocenters. The van der Waals surface area contributed by atoms with Crippen LogP contribution in [-0.4, -0.2) is 33.0 Å². The second-order valence-corrected chi connectivity index (χ2v) is 7.79. The first-order valence-corrected chi connectivity index (χ1v) is 9.07. The van der Waals surface area contributed by atoms with E-state index in [4.69, 9.17) is 4.74 Å². The molecular formula is C22H27N2O+. The molecule has 0 radical (unpaired) electrons. The van der Waals surface area contributed by atoms with E-state index >= 15 is 0 Å². The van der Waals surface area contributed by atoms with Crippen LogP contribution >= 0.6 is 0 Å². The maximum absolute atomic E-state index is 6.38. The summed E-state index contributed by atoms with van der Waals surface area (Å²) in [6.07, 6.45) is 4.47. The second kappa shape index (κ2) is 5.72. The van der Waals surface area contributed by atoms with Crippen molar-refractivity contribution < 1.29 is 9.64 Å². The number of hydrogen-bond donors (Lipinski definition) is 1. The molecule has 0 amide bonds. The summed E-state index contributed by atoms with van der Waals surface area (Å²) in [6.45, 7) is 6.29. The number of quaternary nitrogens is 1. The van der Waals surface area contributed by atoms with Crippen LogP contribution in [0.3, 0.4) is 0 Å². The van der Waals surface area contributed by atoms with Crippen LogP contribution in [0.4, 0.5) is 11.4 Å². The van der Waals surface area contributed by atoms with Gasteiger partial charge in [-0.05, 0) is 47.5 Å². The normalized spacial score (nSPS) is 24.1. The van der Waals surface area contributed by atoms with Crippen molar-refractivity contribution in [2.45, 2.75) is 25.0 Å². The number of nitrogens with one attached hydrogen (secondary N) is 1. The fourth-order valence-corrected chi connectivity index (χ4v) is 4.27. The highest BCUT2D eigenvalue weighted by Gasteiger charge is 2.58. The van der Waals surface area contributed by atoms with Gasteiger partial charge in [-0.1, -0.05) is 38.1 Å². The summed E-state index contributed by atoms with van der Waals surface area (Å²) in [6, 6.07) is 17.5. The summed E-state index contributed by atoms with van der Waals surface area (Å²) >= 11 is 0. The van der Waals surface area contributed by atoms with Gasteiger partial charge in [0.15, 0.2) is 5.72 Å². The van der Waals surface area contributed by atoms with E-state index in [2.05, 4.69) is 93.5 Å². The number of nitrogens with zero attached hydrogens (tertiary/aromatic N) is 1. The molecule has 2 heterocycles. The number of ether oxygens (including phenoxy) is 1. The van der Waals surface area contributed by atoms with Crippen molar-refractivity contribution in [1.29, 1.82) is 0 Å². The summed E-state index contributed by atoms with van der Waals surface area (Å²) in [5, 5.41) is 0. The molecule has 2 aromatic carbocycles. The number of benzene rings is 2. The van der Waals surface area contributed by atoms with Gasteiger partial charge in [-0.25, -0.2) is 0 Å². The standard InChI is InChI=1S/C22H26N2O/c1-21(2)19-7-5-6-8-20(19)24-15-16-25-22(21,24)14-13-17-9-11-18(12-10-17)23(3)4/h5-14H,15-16H2,1-4H3/p+1/b14-13+. The zero-order valence-electron chi connectivity index (χ0n) is 15.5. The van der Waals surface area contributed by atoms with Crippen molar-refractivity contribution in [2.24, 2.45) is 0 Å². The first-order valence-electron chi connectivity index (χ1n) is 9.07. The number of para-hydroxylation sites is 1. The first-order chi connectivity index (χ1) is 12.0. The van der Waals surface area contributed by atoms with Gasteiger partial charge < -0.3 is 14.5 Å². The van der Waals surface area contributed by atoms with E-state index in [-0.39, 0.29) is 5.41 Å². The molecule has 3 nitrogen and oxygen atoms in total. The molecule has 2 aliphatic heterocycles. The number of rotatable bonds is 3. The summed E-state index contributed by atoms with van der Waals surface area (Å²) in [4.78, 5) is 3.77. The van der Waals surface area contributed by atoms with Crippen LogP contribution < -0.4 is 9.80 Å². The van der Waals surface area contributed by atoms with Crippen molar-refractivity contribution in [2.75, 3.05) is 32.1 Å². The van der Waals surface area contributed by atoms with Crippen molar-refractivity contribution in [3.05, 3.63) is 65.7 Å². The van der Waals surface area contributed by atoms with Crippen LogP contribution in [0.25, 0.3) is 6.08 Å². The highest BCUT2D eigenvalue weighted by Crippen LogP contribution is 2.54. The smallest absolute Gasteiger partial charge is 0.170 e. The van der Waals surface area contributed by atoms with Crippen LogP contribution in [0.15, 0.2) is 54.6 Å². The molecule has 0 bridgehead atoms. The highest BCUT2D eigenvalue weighted by atomic mass is 16.5. The van der Waals surface area contributed by atoms with Crippen LogP contribution in [0.2, 0.25) is 0 Å². The number of hydrogen-bond acceptors (Lipinski definition) is 2. The predicted octanol–water partition coefficient (Wildman–Crippen LogP) is 3.00. The van der Waals surface area contributed by atoms with Crippen molar-refractivity contribution >= 4 is 17.5 Å². The third kappa shape index (κ3) is 2.34. The van der Waals surface area contributed by atoms with Gasteiger partial charge in [-0.15, -0.1) is 0 Å². The van der Waals surface area contributed by atoms with Gasteiger partial charge in [0.1, 0.15) is 5.69 Å². The highest BCUT2D eigenvalue weighted by molar-refractivity contribution is 5.69. The third-order valence-corrected chi connectivity index (χ3v) is 5.79. The molecule has 1 unspecified atom stereocenters. The molecule has 130 valence electrons. The van der Waals surface area contributed by atoms with Crippen LogP contribution in [0.1, 0.15) is 25.0 Å². The van der Waals surface area contributed by atoms with E-state index in [9.17, 15) is 0 Å². The van der Waals surface area contributed by atoms with Crippen molar-refractivity contribution in [3.8, 4) is 0 Å². The Labute approximate surface area is 150 Å². The maximum Gasteiger partial charge on any atom is 0.170 e. The van der Waals surface area contributed by atoms with E-state index in [0.29, 0.717) is 0 Å². The molecule has 3 heteroatoms. The molecule has 0 aliphatic carbocycles. The Balaban J connectivity index is 1.71. The number of fused-ring (bicyclic) bond motifs is 3. The van der Waals surface area contributed by atoms with Gasteiger partial charge in [-0.2, -0.15) is 0 Å². The topological polar surface area (TPSA) is 16.9 Å². The van der Waals surface area contributed by atoms with E-state index < -0.39 is 5.72 Å². The summed E-state index contributed by atoms with van der Waals surface area (Å²) in [5.74, 6) is 0. The third-order valence-electron chi connectivity index (χ3n) is 5.79. The zero-order valence-corrected chi connectivity index (χ0v) is 15.5. The van der Waals surface area contributed by atoms with Gasteiger partial charge in [0, 0.05) is 17.6 Å². The molecule has 4 rings (SSSR count). The summed E-state index contributed by atoms with van der Waals surface area (Å²) in [5.41, 5.74) is 4.68. The Morgan fingerprint density at radius 3 is 2.48 bits per heavy atom. The molecule has 2 aliphatic rings. The molecule has 25 heavy (non-hydrogen) atoms. The Bertz CT molecular complexity index is 807. The number of anilines is 1. The minimum absolute atomic E-state index is 0.0929. The molecule has 2 aromatic rings. The van der Waals surface area contributed by atoms with E-state index in [1.54, 1.807) is 0 Å². The lowest BCUT2D eigenvalue weighted by Crippen LogP contribution is -3.00. The molecule has 1 saturated heterocycles. The molecule has 1 N–H and O–H groups in total. The van der Waals surface area contributed by atoms with Gasteiger partial charge in [0.25, 0.3) is 0 Å². The Morgan fingerprint density at radius 2 is 1.76 bits per heavy atom. The maximum atomic E-state index is 6.38. The van der Waals surface area contributed by atoms with E-state index in [1.165, 1.54) is 27.4 Å².